The lowest BCUT2D eigenvalue weighted by molar-refractivity contribution is 0.0357. The van der Waals surface area contributed by atoms with Gasteiger partial charge in [-0.3, -0.25) is 0 Å². The molecule has 1 heterocycles. The molecule has 1 N–H and O–H groups in total. The van der Waals surface area contributed by atoms with Crippen LogP contribution >= 0.6 is 11.6 Å². The van der Waals surface area contributed by atoms with Crippen LogP contribution in [0.5, 0.6) is 5.75 Å². The lowest BCUT2D eigenvalue weighted by atomic mass is 9.85. The van der Waals surface area contributed by atoms with Gasteiger partial charge in [0, 0.05) is 29.6 Å². The molecule has 144 valence electrons. The van der Waals surface area contributed by atoms with Crippen molar-refractivity contribution in [3.63, 3.8) is 0 Å². The second kappa shape index (κ2) is 7.09. The zero-order valence-corrected chi connectivity index (χ0v) is 17.1. The van der Waals surface area contributed by atoms with Crippen LogP contribution in [0.4, 0.5) is 0 Å². The first-order chi connectivity index (χ1) is 13.6. The molecule has 3 heteroatoms. The number of fused-ring (bicyclic) bond motifs is 2. The van der Waals surface area contributed by atoms with Gasteiger partial charge in [-0.05, 0) is 66.6 Å². The Morgan fingerprint density at radius 3 is 2.71 bits per heavy atom. The zero-order valence-electron chi connectivity index (χ0n) is 16.3. The molecular weight excluding hydrogens is 366 g/mol. The fourth-order valence-corrected chi connectivity index (χ4v) is 5.36. The van der Waals surface area contributed by atoms with E-state index in [1.807, 2.05) is 6.07 Å². The number of hydrogen-bond acceptors (Lipinski definition) is 2. The fourth-order valence-electron chi connectivity index (χ4n) is 5.08. The zero-order chi connectivity index (χ0) is 19.1. The van der Waals surface area contributed by atoms with Crippen molar-refractivity contribution in [2.24, 2.45) is 0 Å². The van der Waals surface area contributed by atoms with Gasteiger partial charge < -0.3 is 10.1 Å². The number of hydrogen-bond donors (Lipinski definition) is 1. The normalized spacial score (nSPS) is 20.3. The predicted octanol–water partition coefficient (Wildman–Crippen LogP) is 6.73. The van der Waals surface area contributed by atoms with Crippen molar-refractivity contribution in [3.05, 3.63) is 76.3 Å². The number of benzene rings is 3. The maximum atomic E-state index is 6.62. The van der Waals surface area contributed by atoms with Gasteiger partial charge in [0.25, 0.3) is 0 Å². The summed E-state index contributed by atoms with van der Waals surface area (Å²) in [5.74, 6) is 1.05. The summed E-state index contributed by atoms with van der Waals surface area (Å²) < 4.78 is 6.62. The van der Waals surface area contributed by atoms with E-state index in [2.05, 4.69) is 60.8 Å². The number of nitrogens with one attached hydrogen (secondary N) is 1. The smallest absolute Gasteiger partial charge is 0.127 e. The molecule has 0 saturated heterocycles. The number of ether oxygens (including phenoxy) is 1. The third-order valence-corrected chi connectivity index (χ3v) is 6.69. The Balaban J connectivity index is 1.48. The number of halogens is 1. The van der Waals surface area contributed by atoms with Crippen molar-refractivity contribution >= 4 is 22.4 Å². The molecule has 0 bridgehead atoms. The van der Waals surface area contributed by atoms with E-state index in [9.17, 15) is 0 Å². The van der Waals surface area contributed by atoms with Gasteiger partial charge in [0.1, 0.15) is 11.4 Å². The average Bonchev–Trinajstić information content (AvgIpc) is 3.14. The standard InChI is InChI=1S/C25H26ClNO/c1-17-13-20(26)14-22-23(15-25(28-24(17)22)11-4-5-12-25)27-16-19-9-6-8-18-7-2-3-10-21(18)19/h2-3,6-10,13-14,23,27H,4-5,11-12,15-16H2,1H3/t23-/m0/s1. The maximum Gasteiger partial charge on any atom is 0.127 e. The van der Waals surface area contributed by atoms with E-state index < -0.39 is 0 Å². The highest BCUT2D eigenvalue weighted by atomic mass is 35.5. The topological polar surface area (TPSA) is 21.3 Å². The quantitative estimate of drug-likeness (QED) is 0.534. The first kappa shape index (κ1) is 18.0. The molecule has 5 rings (SSSR count). The Labute approximate surface area is 171 Å². The first-order valence-electron chi connectivity index (χ1n) is 10.3. The summed E-state index contributed by atoms with van der Waals surface area (Å²) in [6, 6.07) is 19.5. The van der Waals surface area contributed by atoms with E-state index in [1.165, 1.54) is 34.7 Å². The van der Waals surface area contributed by atoms with Crippen LogP contribution in [0.3, 0.4) is 0 Å². The highest BCUT2D eigenvalue weighted by Gasteiger charge is 2.43. The van der Waals surface area contributed by atoms with Crippen LogP contribution in [-0.4, -0.2) is 5.60 Å². The van der Waals surface area contributed by atoms with E-state index in [0.717, 1.165) is 42.1 Å². The molecule has 1 aliphatic carbocycles. The highest BCUT2D eigenvalue weighted by Crippen LogP contribution is 2.49. The Hall–Kier alpha value is -2.03. The lowest BCUT2D eigenvalue weighted by Gasteiger charge is -2.41. The third kappa shape index (κ3) is 3.19. The van der Waals surface area contributed by atoms with Gasteiger partial charge in [-0.25, -0.2) is 0 Å². The molecule has 0 amide bonds. The molecule has 1 fully saturated rings. The second-order valence-corrected chi connectivity index (χ2v) is 8.85. The van der Waals surface area contributed by atoms with Gasteiger partial charge in [-0.2, -0.15) is 0 Å². The molecule has 2 nitrogen and oxygen atoms in total. The largest absolute Gasteiger partial charge is 0.487 e. The summed E-state index contributed by atoms with van der Waals surface area (Å²) in [4.78, 5) is 0. The lowest BCUT2D eigenvalue weighted by Crippen LogP contribution is -2.42. The highest BCUT2D eigenvalue weighted by molar-refractivity contribution is 6.30. The Morgan fingerprint density at radius 1 is 1.07 bits per heavy atom. The fraction of sp³-hybridized carbons (Fsp3) is 0.360. The summed E-state index contributed by atoms with van der Waals surface area (Å²) in [6.07, 6.45) is 5.85. The first-order valence-corrected chi connectivity index (χ1v) is 10.7. The summed E-state index contributed by atoms with van der Waals surface area (Å²) in [7, 11) is 0. The van der Waals surface area contributed by atoms with Crippen molar-refractivity contribution in [1.82, 2.24) is 5.32 Å². The van der Waals surface area contributed by atoms with Crippen molar-refractivity contribution in [2.75, 3.05) is 0 Å². The minimum Gasteiger partial charge on any atom is -0.487 e. The Kier molecular flexibility index (Phi) is 4.57. The van der Waals surface area contributed by atoms with Crippen LogP contribution in [-0.2, 0) is 6.54 Å². The van der Waals surface area contributed by atoms with Gasteiger partial charge in [-0.1, -0.05) is 54.1 Å². The molecule has 1 aliphatic heterocycles. The van der Waals surface area contributed by atoms with Gasteiger partial charge in [0.2, 0.25) is 0 Å². The summed E-state index contributed by atoms with van der Waals surface area (Å²) in [5.41, 5.74) is 3.68. The van der Waals surface area contributed by atoms with Crippen molar-refractivity contribution < 1.29 is 4.74 Å². The van der Waals surface area contributed by atoms with Crippen LogP contribution in [0.25, 0.3) is 10.8 Å². The molecule has 1 atom stereocenters. The van der Waals surface area contributed by atoms with E-state index in [0.29, 0.717) is 0 Å². The van der Waals surface area contributed by atoms with Crippen LogP contribution < -0.4 is 10.1 Å². The van der Waals surface area contributed by atoms with E-state index in [4.69, 9.17) is 16.3 Å². The van der Waals surface area contributed by atoms with Gasteiger partial charge >= 0.3 is 0 Å². The van der Waals surface area contributed by atoms with Crippen LogP contribution in [0.1, 0.15) is 54.8 Å². The predicted molar refractivity (Wildman–Crippen MR) is 116 cm³/mol. The molecule has 0 radical (unpaired) electrons. The van der Waals surface area contributed by atoms with Crippen LogP contribution in [0.15, 0.2) is 54.6 Å². The molecule has 0 unspecified atom stereocenters. The average molecular weight is 392 g/mol. The van der Waals surface area contributed by atoms with Gasteiger partial charge in [-0.15, -0.1) is 0 Å². The molecule has 2 aliphatic rings. The second-order valence-electron chi connectivity index (χ2n) is 8.41. The molecule has 3 aromatic rings. The number of aryl methyl sites for hydroxylation is 1. The van der Waals surface area contributed by atoms with Crippen LogP contribution in [0, 0.1) is 6.92 Å². The van der Waals surface area contributed by atoms with Gasteiger partial charge in [0.05, 0.1) is 0 Å². The SMILES string of the molecule is Cc1cc(Cl)cc2c1OC1(CCCC1)C[C@@H]2NCc1cccc2ccccc12. The van der Waals surface area contributed by atoms with Crippen molar-refractivity contribution in [2.45, 2.75) is 57.2 Å². The Morgan fingerprint density at radius 2 is 1.86 bits per heavy atom. The van der Waals surface area contributed by atoms with E-state index in [1.54, 1.807) is 0 Å². The molecule has 1 saturated carbocycles. The minimum atomic E-state index is -0.0119. The summed E-state index contributed by atoms with van der Waals surface area (Å²) >= 11 is 6.41. The molecule has 3 aromatic carbocycles. The van der Waals surface area contributed by atoms with E-state index >= 15 is 0 Å². The number of rotatable bonds is 3. The third-order valence-electron chi connectivity index (χ3n) is 6.47. The molecule has 28 heavy (non-hydrogen) atoms. The van der Waals surface area contributed by atoms with Crippen molar-refractivity contribution in [3.8, 4) is 5.75 Å². The molecular formula is C25H26ClNO. The van der Waals surface area contributed by atoms with Gasteiger partial charge in [0.15, 0.2) is 0 Å². The summed E-state index contributed by atoms with van der Waals surface area (Å²) in [6.45, 7) is 2.95. The molecule has 0 aromatic heterocycles. The monoisotopic (exact) mass is 391 g/mol. The maximum absolute atomic E-state index is 6.62. The minimum absolute atomic E-state index is 0.0119. The van der Waals surface area contributed by atoms with Crippen molar-refractivity contribution in [1.29, 1.82) is 0 Å². The Bertz CT molecular complexity index is 1020. The van der Waals surface area contributed by atoms with Crippen LogP contribution in [0.2, 0.25) is 5.02 Å². The summed E-state index contributed by atoms with van der Waals surface area (Å²) in [5, 5.41) is 7.26. The van der Waals surface area contributed by atoms with E-state index in [-0.39, 0.29) is 11.6 Å². The molecule has 1 spiro atoms.